The minimum atomic E-state index is -3.68. The monoisotopic (exact) mass is 445 g/mol. The van der Waals surface area contributed by atoms with E-state index in [1.807, 2.05) is 6.07 Å². The van der Waals surface area contributed by atoms with Crippen molar-refractivity contribution in [2.75, 3.05) is 26.7 Å². The maximum atomic E-state index is 13.0. The van der Waals surface area contributed by atoms with E-state index in [-0.39, 0.29) is 17.3 Å². The number of methoxy groups -OCH3 is 1. The van der Waals surface area contributed by atoms with E-state index in [4.69, 9.17) is 10.5 Å². The van der Waals surface area contributed by atoms with Gasteiger partial charge in [0.2, 0.25) is 21.8 Å². The second-order valence-corrected chi connectivity index (χ2v) is 9.42. The average molecular weight is 446 g/mol. The van der Waals surface area contributed by atoms with E-state index in [1.54, 1.807) is 30.3 Å². The molecule has 2 aromatic rings. The molecule has 1 fully saturated rings. The van der Waals surface area contributed by atoms with Gasteiger partial charge in [0.25, 0.3) is 0 Å². The molecule has 1 atom stereocenters. The third-order valence-electron chi connectivity index (χ3n) is 5.38. The summed E-state index contributed by atoms with van der Waals surface area (Å²) in [5.41, 5.74) is 6.61. The fourth-order valence-electron chi connectivity index (χ4n) is 3.63. The average Bonchev–Trinajstić information content (AvgIpc) is 2.79. The molecule has 9 heteroatoms. The van der Waals surface area contributed by atoms with Crippen molar-refractivity contribution >= 4 is 21.8 Å². The van der Waals surface area contributed by atoms with E-state index >= 15 is 0 Å². The van der Waals surface area contributed by atoms with Crippen molar-refractivity contribution in [3.63, 3.8) is 0 Å². The summed E-state index contributed by atoms with van der Waals surface area (Å²) in [6.45, 7) is 0.929. The van der Waals surface area contributed by atoms with Crippen molar-refractivity contribution in [1.82, 2.24) is 9.62 Å². The molecule has 0 saturated carbocycles. The maximum Gasteiger partial charge on any atom is 0.248 e. The van der Waals surface area contributed by atoms with Gasteiger partial charge in [0.05, 0.1) is 17.9 Å². The number of sulfonamides is 1. The highest BCUT2D eigenvalue weighted by molar-refractivity contribution is 7.89. The fraction of sp³-hybridized carbons (Fsp3) is 0.364. The van der Waals surface area contributed by atoms with Gasteiger partial charge in [0.15, 0.2) is 0 Å². The Hall–Kier alpha value is -2.91. The lowest BCUT2D eigenvalue weighted by molar-refractivity contribution is -0.126. The molecule has 0 radical (unpaired) electrons. The Labute approximate surface area is 182 Å². The molecule has 1 unspecified atom stereocenters. The van der Waals surface area contributed by atoms with Crippen LogP contribution >= 0.6 is 0 Å². The zero-order valence-electron chi connectivity index (χ0n) is 17.4. The molecule has 1 aliphatic heterocycles. The highest BCUT2D eigenvalue weighted by atomic mass is 32.2. The Morgan fingerprint density at radius 3 is 2.61 bits per heavy atom. The second-order valence-electron chi connectivity index (χ2n) is 7.48. The number of nitrogens with two attached hydrogens (primary N) is 1. The van der Waals surface area contributed by atoms with Crippen LogP contribution in [0.3, 0.4) is 0 Å². The van der Waals surface area contributed by atoms with Gasteiger partial charge in [0.1, 0.15) is 5.75 Å². The molecule has 0 aromatic heterocycles. The molecule has 1 heterocycles. The number of nitrogens with zero attached hydrogens (tertiary/aromatic N) is 1. The van der Waals surface area contributed by atoms with Crippen LogP contribution < -0.4 is 15.8 Å². The molecule has 166 valence electrons. The van der Waals surface area contributed by atoms with Crippen LogP contribution in [-0.4, -0.2) is 51.3 Å². The van der Waals surface area contributed by atoms with Gasteiger partial charge in [-0.25, -0.2) is 8.42 Å². The van der Waals surface area contributed by atoms with Crippen LogP contribution in [0.25, 0.3) is 0 Å². The molecule has 2 aromatic carbocycles. The molecule has 1 saturated heterocycles. The molecule has 8 nitrogen and oxygen atoms in total. The zero-order valence-corrected chi connectivity index (χ0v) is 18.2. The summed E-state index contributed by atoms with van der Waals surface area (Å²) < 4.78 is 32.4. The number of carbonyl (C=O) groups excluding carboxylic acids is 2. The van der Waals surface area contributed by atoms with Crippen LogP contribution in [-0.2, 0) is 21.2 Å². The standard InChI is InChI=1S/C22H27N3O5S/c1-30-19-7-9-20(10-8-19)31(28,29)25-13-3-6-18(15-25)22(27)24-12-11-16-4-2-5-17(14-16)21(23)26/h2,4-5,7-10,14,18H,3,6,11-13,15H2,1H3,(H2,23,26)(H,24,27). The highest BCUT2D eigenvalue weighted by Crippen LogP contribution is 2.25. The van der Waals surface area contributed by atoms with Crippen LogP contribution in [0, 0.1) is 5.92 Å². The number of piperidine rings is 1. The first-order chi connectivity index (χ1) is 14.8. The van der Waals surface area contributed by atoms with Crippen LogP contribution in [0.15, 0.2) is 53.4 Å². The molecule has 1 aliphatic rings. The SMILES string of the molecule is COc1ccc(S(=O)(=O)N2CCCC(C(=O)NCCc3cccc(C(N)=O)c3)C2)cc1. The van der Waals surface area contributed by atoms with Gasteiger partial charge in [-0.1, -0.05) is 12.1 Å². The lowest BCUT2D eigenvalue weighted by Crippen LogP contribution is -2.45. The number of ether oxygens (including phenoxy) is 1. The first-order valence-electron chi connectivity index (χ1n) is 10.1. The quantitative estimate of drug-likeness (QED) is 0.639. The molecular formula is C22H27N3O5S. The predicted molar refractivity (Wildman–Crippen MR) is 116 cm³/mol. The minimum absolute atomic E-state index is 0.150. The molecule has 3 rings (SSSR count). The summed E-state index contributed by atoms with van der Waals surface area (Å²) in [6, 6.07) is 13.2. The van der Waals surface area contributed by atoms with Gasteiger partial charge in [0, 0.05) is 25.2 Å². The van der Waals surface area contributed by atoms with Gasteiger partial charge in [-0.05, 0) is 61.2 Å². The van der Waals surface area contributed by atoms with Crippen molar-refractivity contribution < 1.29 is 22.7 Å². The first kappa shape index (κ1) is 22.8. The van der Waals surface area contributed by atoms with E-state index in [0.717, 1.165) is 5.56 Å². The third-order valence-corrected chi connectivity index (χ3v) is 7.26. The molecule has 0 bridgehead atoms. The predicted octanol–water partition coefficient (Wildman–Crippen LogP) is 1.55. The largest absolute Gasteiger partial charge is 0.497 e. The third kappa shape index (κ3) is 5.62. The number of primary amides is 1. The van der Waals surface area contributed by atoms with Gasteiger partial charge in [-0.15, -0.1) is 0 Å². The first-order valence-corrected chi connectivity index (χ1v) is 11.6. The minimum Gasteiger partial charge on any atom is -0.497 e. The fourth-order valence-corrected chi connectivity index (χ4v) is 5.15. The molecule has 31 heavy (non-hydrogen) atoms. The molecular weight excluding hydrogens is 418 g/mol. The number of rotatable bonds is 8. The van der Waals surface area contributed by atoms with E-state index in [2.05, 4.69) is 5.32 Å². The summed E-state index contributed by atoms with van der Waals surface area (Å²) in [6.07, 6.45) is 1.80. The van der Waals surface area contributed by atoms with Crippen LogP contribution in [0.4, 0.5) is 0 Å². The summed E-state index contributed by atoms with van der Waals surface area (Å²) in [5, 5.41) is 2.88. The van der Waals surface area contributed by atoms with Crippen molar-refractivity contribution in [3.05, 3.63) is 59.7 Å². The van der Waals surface area contributed by atoms with Crippen LogP contribution in [0.2, 0.25) is 0 Å². The Bertz CT molecular complexity index is 1040. The topological polar surface area (TPSA) is 119 Å². The number of nitrogens with one attached hydrogen (secondary N) is 1. The lowest BCUT2D eigenvalue weighted by atomic mass is 9.98. The summed E-state index contributed by atoms with van der Waals surface area (Å²) >= 11 is 0. The number of hydrogen-bond acceptors (Lipinski definition) is 5. The van der Waals surface area contributed by atoms with Gasteiger partial charge < -0.3 is 15.8 Å². The Balaban J connectivity index is 1.57. The van der Waals surface area contributed by atoms with Gasteiger partial charge in [-0.3, -0.25) is 9.59 Å². The number of benzene rings is 2. The van der Waals surface area contributed by atoms with E-state index in [9.17, 15) is 18.0 Å². The van der Waals surface area contributed by atoms with Crippen LogP contribution in [0.1, 0.15) is 28.8 Å². The Morgan fingerprint density at radius 1 is 1.19 bits per heavy atom. The molecule has 0 aliphatic carbocycles. The number of carbonyl (C=O) groups is 2. The maximum absolute atomic E-state index is 13.0. The summed E-state index contributed by atoms with van der Waals surface area (Å²) in [5.74, 6) is -0.484. The van der Waals surface area contributed by atoms with Crippen molar-refractivity contribution in [3.8, 4) is 5.75 Å². The molecule has 3 N–H and O–H groups in total. The summed E-state index contributed by atoms with van der Waals surface area (Å²) in [4.78, 5) is 24.1. The van der Waals surface area contributed by atoms with Gasteiger partial charge in [-0.2, -0.15) is 4.31 Å². The number of hydrogen-bond donors (Lipinski definition) is 2. The van der Waals surface area contributed by atoms with Crippen molar-refractivity contribution in [1.29, 1.82) is 0 Å². The number of amides is 2. The van der Waals surface area contributed by atoms with E-state index in [0.29, 0.717) is 43.7 Å². The van der Waals surface area contributed by atoms with E-state index < -0.39 is 21.8 Å². The molecule has 2 amide bonds. The highest BCUT2D eigenvalue weighted by Gasteiger charge is 2.33. The Morgan fingerprint density at radius 2 is 1.94 bits per heavy atom. The summed E-state index contributed by atoms with van der Waals surface area (Å²) in [7, 11) is -2.16. The molecule has 0 spiro atoms. The van der Waals surface area contributed by atoms with Gasteiger partial charge >= 0.3 is 0 Å². The zero-order chi connectivity index (χ0) is 22.4. The van der Waals surface area contributed by atoms with E-state index in [1.165, 1.54) is 23.5 Å². The lowest BCUT2D eigenvalue weighted by Gasteiger charge is -2.31. The van der Waals surface area contributed by atoms with Crippen molar-refractivity contribution in [2.24, 2.45) is 11.7 Å². The smallest absolute Gasteiger partial charge is 0.248 e. The second kappa shape index (κ2) is 9.93. The van der Waals surface area contributed by atoms with Crippen molar-refractivity contribution in [2.45, 2.75) is 24.2 Å². The Kier molecular flexibility index (Phi) is 7.29. The van der Waals surface area contributed by atoms with Crippen LogP contribution in [0.5, 0.6) is 5.75 Å². The normalized spacial score (nSPS) is 17.1.